The number of likely N-dealkylation sites (tertiary alicyclic amines) is 1. The summed E-state index contributed by atoms with van der Waals surface area (Å²) >= 11 is 0. The monoisotopic (exact) mass is 231 g/mol. The van der Waals surface area contributed by atoms with Gasteiger partial charge in [0.05, 0.1) is 5.56 Å². The maximum Gasteiger partial charge on any atom is 0.254 e. The van der Waals surface area contributed by atoms with Crippen molar-refractivity contribution in [1.82, 2.24) is 4.90 Å². The lowest BCUT2D eigenvalue weighted by molar-refractivity contribution is 0.0721. The summed E-state index contributed by atoms with van der Waals surface area (Å²) in [6.07, 6.45) is 4.10. The molecular weight excluding hydrogens is 214 g/mol. The van der Waals surface area contributed by atoms with E-state index in [-0.39, 0.29) is 5.91 Å². The fraction of sp³-hybridized carbons (Fsp3) is 0.429. The van der Waals surface area contributed by atoms with Crippen molar-refractivity contribution < 1.29 is 9.59 Å². The van der Waals surface area contributed by atoms with E-state index >= 15 is 0 Å². The molecule has 2 rings (SSSR count). The summed E-state index contributed by atoms with van der Waals surface area (Å²) in [4.78, 5) is 25.2. The molecular formula is C14H17NO2. The second-order valence-electron chi connectivity index (χ2n) is 4.51. The highest BCUT2D eigenvalue weighted by Gasteiger charge is 2.20. The van der Waals surface area contributed by atoms with Gasteiger partial charge >= 0.3 is 0 Å². The molecule has 0 saturated carbocycles. The number of aryl methyl sites for hydroxylation is 1. The molecule has 90 valence electrons. The maximum absolute atomic E-state index is 12.3. The van der Waals surface area contributed by atoms with Crippen LogP contribution in [0.2, 0.25) is 0 Å². The van der Waals surface area contributed by atoms with E-state index in [1.54, 1.807) is 6.07 Å². The summed E-state index contributed by atoms with van der Waals surface area (Å²) in [7, 11) is 0. The third kappa shape index (κ3) is 2.38. The Labute approximate surface area is 101 Å². The van der Waals surface area contributed by atoms with E-state index in [2.05, 4.69) is 0 Å². The molecule has 1 aromatic carbocycles. The number of carbonyl (C=O) groups is 2. The van der Waals surface area contributed by atoms with Crippen molar-refractivity contribution in [3.8, 4) is 0 Å². The number of rotatable bonds is 2. The van der Waals surface area contributed by atoms with Gasteiger partial charge in [0.25, 0.3) is 5.91 Å². The Balaban J connectivity index is 2.29. The summed E-state index contributed by atoms with van der Waals surface area (Å²) in [5.41, 5.74) is 1.94. The molecule has 0 bridgehead atoms. The lowest BCUT2D eigenvalue weighted by Crippen LogP contribution is -2.36. The van der Waals surface area contributed by atoms with Crippen LogP contribution in [0.4, 0.5) is 0 Å². The van der Waals surface area contributed by atoms with Gasteiger partial charge in [0.1, 0.15) is 0 Å². The average molecular weight is 231 g/mol. The summed E-state index contributed by atoms with van der Waals surface area (Å²) in [6, 6.07) is 5.43. The van der Waals surface area contributed by atoms with Crippen LogP contribution in [0.1, 0.15) is 45.5 Å². The van der Waals surface area contributed by atoms with Crippen molar-refractivity contribution in [2.24, 2.45) is 0 Å². The molecule has 0 unspecified atom stereocenters. The van der Waals surface area contributed by atoms with E-state index in [1.165, 1.54) is 6.42 Å². The normalized spacial score (nSPS) is 15.7. The highest BCUT2D eigenvalue weighted by atomic mass is 16.2. The van der Waals surface area contributed by atoms with Crippen molar-refractivity contribution in [3.63, 3.8) is 0 Å². The van der Waals surface area contributed by atoms with Gasteiger partial charge in [-0.25, -0.2) is 0 Å². The largest absolute Gasteiger partial charge is 0.339 e. The Morgan fingerprint density at radius 1 is 1.24 bits per heavy atom. The van der Waals surface area contributed by atoms with Crippen LogP contribution in [0.25, 0.3) is 0 Å². The van der Waals surface area contributed by atoms with Crippen LogP contribution in [-0.4, -0.2) is 30.2 Å². The zero-order valence-corrected chi connectivity index (χ0v) is 10.1. The smallest absolute Gasteiger partial charge is 0.254 e. The van der Waals surface area contributed by atoms with Crippen molar-refractivity contribution in [2.45, 2.75) is 26.2 Å². The predicted octanol–water partition coefficient (Wildman–Crippen LogP) is 2.43. The Hall–Kier alpha value is -1.64. The molecule has 3 nitrogen and oxygen atoms in total. The zero-order valence-electron chi connectivity index (χ0n) is 10.1. The Bertz CT molecular complexity index is 434. The first-order valence-corrected chi connectivity index (χ1v) is 6.08. The lowest BCUT2D eigenvalue weighted by atomic mass is 10.0. The van der Waals surface area contributed by atoms with E-state index in [9.17, 15) is 9.59 Å². The standard InChI is InChI=1S/C14H17NO2/c1-11-6-5-7-12(13(11)10-16)14(17)15-8-3-2-4-9-15/h5-7,10H,2-4,8-9H2,1H3. The molecule has 0 aliphatic carbocycles. The minimum Gasteiger partial charge on any atom is -0.339 e. The van der Waals surface area contributed by atoms with E-state index in [0.29, 0.717) is 11.1 Å². The molecule has 1 fully saturated rings. The van der Waals surface area contributed by atoms with E-state index in [4.69, 9.17) is 0 Å². The van der Waals surface area contributed by atoms with Crippen molar-refractivity contribution in [1.29, 1.82) is 0 Å². The second-order valence-corrected chi connectivity index (χ2v) is 4.51. The second kappa shape index (κ2) is 5.13. The van der Waals surface area contributed by atoms with Gasteiger partial charge in [-0.3, -0.25) is 9.59 Å². The van der Waals surface area contributed by atoms with Crippen molar-refractivity contribution in [2.75, 3.05) is 13.1 Å². The summed E-state index contributed by atoms with van der Waals surface area (Å²) < 4.78 is 0. The third-order valence-electron chi connectivity index (χ3n) is 3.32. The first-order chi connectivity index (χ1) is 8.24. The highest BCUT2D eigenvalue weighted by molar-refractivity contribution is 6.02. The molecule has 0 N–H and O–H groups in total. The first kappa shape index (κ1) is 11.8. The van der Waals surface area contributed by atoms with Gasteiger partial charge in [0, 0.05) is 18.7 Å². The van der Waals surface area contributed by atoms with E-state index < -0.39 is 0 Å². The molecule has 1 heterocycles. The number of hydrogen-bond donors (Lipinski definition) is 0. The number of hydrogen-bond acceptors (Lipinski definition) is 2. The van der Waals surface area contributed by atoms with Crippen LogP contribution in [0.15, 0.2) is 18.2 Å². The van der Waals surface area contributed by atoms with Crippen LogP contribution in [0, 0.1) is 6.92 Å². The Kier molecular flexibility index (Phi) is 3.57. The molecule has 1 aliphatic heterocycles. The number of aldehydes is 1. The van der Waals surface area contributed by atoms with Crippen LogP contribution < -0.4 is 0 Å². The molecule has 0 radical (unpaired) electrons. The molecule has 1 amide bonds. The van der Waals surface area contributed by atoms with Gasteiger partial charge in [-0.15, -0.1) is 0 Å². The molecule has 0 spiro atoms. The fourth-order valence-electron chi connectivity index (χ4n) is 2.29. The zero-order chi connectivity index (χ0) is 12.3. The van der Waals surface area contributed by atoms with Gasteiger partial charge in [0.15, 0.2) is 6.29 Å². The highest BCUT2D eigenvalue weighted by Crippen LogP contribution is 2.17. The van der Waals surface area contributed by atoms with Gasteiger partial charge in [-0.05, 0) is 37.8 Å². The van der Waals surface area contributed by atoms with E-state index in [1.807, 2.05) is 24.0 Å². The van der Waals surface area contributed by atoms with Gasteiger partial charge in [0.2, 0.25) is 0 Å². The number of piperidine rings is 1. The van der Waals surface area contributed by atoms with Gasteiger partial charge in [-0.2, -0.15) is 0 Å². The molecule has 3 heteroatoms. The van der Waals surface area contributed by atoms with Crippen LogP contribution in [-0.2, 0) is 0 Å². The summed E-state index contributed by atoms with van der Waals surface area (Å²) in [5, 5.41) is 0. The molecule has 0 aromatic heterocycles. The van der Waals surface area contributed by atoms with Crippen molar-refractivity contribution in [3.05, 3.63) is 34.9 Å². The van der Waals surface area contributed by atoms with Crippen LogP contribution in [0.3, 0.4) is 0 Å². The number of amides is 1. The predicted molar refractivity (Wildman–Crippen MR) is 66.3 cm³/mol. The van der Waals surface area contributed by atoms with E-state index in [0.717, 1.165) is 37.8 Å². The SMILES string of the molecule is Cc1cccc(C(=O)N2CCCCC2)c1C=O. The fourth-order valence-corrected chi connectivity index (χ4v) is 2.29. The quantitative estimate of drug-likeness (QED) is 0.733. The number of benzene rings is 1. The minimum atomic E-state index is -0.00417. The summed E-state index contributed by atoms with van der Waals surface area (Å²) in [6.45, 7) is 3.48. The molecule has 1 saturated heterocycles. The van der Waals surface area contributed by atoms with Crippen molar-refractivity contribution >= 4 is 12.2 Å². The van der Waals surface area contributed by atoms with Crippen LogP contribution >= 0.6 is 0 Å². The molecule has 0 atom stereocenters. The van der Waals surface area contributed by atoms with Gasteiger partial charge in [-0.1, -0.05) is 12.1 Å². The third-order valence-corrected chi connectivity index (χ3v) is 3.32. The molecule has 1 aromatic rings. The van der Waals surface area contributed by atoms with Gasteiger partial charge < -0.3 is 4.90 Å². The molecule has 1 aliphatic rings. The Morgan fingerprint density at radius 3 is 2.59 bits per heavy atom. The average Bonchev–Trinajstić information content (AvgIpc) is 2.38. The topological polar surface area (TPSA) is 37.4 Å². The summed E-state index contributed by atoms with van der Waals surface area (Å²) in [5.74, 6) is -0.00417. The number of carbonyl (C=O) groups excluding carboxylic acids is 2. The lowest BCUT2D eigenvalue weighted by Gasteiger charge is -2.27. The minimum absolute atomic E-state index is 0.00417. The van der Waals surface area contributed by atoms with Crippen LogP contribution in [0.5, 0.6) is 0 Å². The number of nitrogens with zero attached hydrogens (tertiary/aromatic N) is 1. The first-order valence-electron chi connectivity index (χ1n) is 6.08. The molecule has 17 heavy (non-hydrogen) atoms. The Morgan fingerprint density at radius 2 is 1.94 bits per heavy atom. The maximum atomic E-state index is 12.3.